The summed E-state index contributed by atoms with van der Waals surface area (Å²) in [6.45, 7) is 8.17. The van der Waals surface area contributed by atoms with Crippen molar-refractivity contribution in [2.24, 2.45) is 0 Å². The van der Waals surface area contributed by atoms with E-state index in [1.54, 1.807) is 0 Å². The molecular weight excluding hydrogens is 242 g/mol. The molecule has 0 aliphatic carbocycles. The van der Waals surface area contributed by atoms with Gasteiger partial charge in [0.2, 0.25) is 0 Å². The Bertz CT molecular complexity index is 492. The number of aromatic nitrogens is 2. The van der Waals surface area contributed by atoms with Crippen LogP contribution in [0.5, 0.6) is 0 Å². The van der Waals surface area contributed by atoms with E-state index in [-0.39, 0.29) is 5.41 Å². The average molecular weight is 261 g/mol. The minimum absolute atomic E-state index is 0.163. The molecule has 4 heteroatoms. The van der Waals surface area contributed by atoms with E-state index in [0.29, 0.717) is 0 Å². The SMILES string of the molecule is Cc1nccc(CNCC(C)(C)c2cccs2)n1. The standard InChI is InChI=1S/C14H19N3S/c1-11-16-7-6-12(17-11)9-15-10-14(2,3)13-5-4-8-18-13/h4-8,15H,9-10H2,1-3H3. The number of nitrogens with one attached hydrogen (secondary N) is 1. The Kier molecular flexibility index (Phi) is 4.09. The predicted octanol–water partition coefficient (Wildman–Crippen LogP) is 2.91. The first kappa shape index (κ1) is 13.2. The molecule has 0 amide bonds. The zero-order valence-corrected chi connectivity index (χ0v) is 11.9. The average Bonchev–Trinajstić information content (AvgIpc) is 2.83. The van der Waals surface area contributed by atoms with Crippen LogP contribution in [0, 0.1) is 6.92 Å². The molecule has 0 radical (unpaired) electrons. The summed E-state index contributed by atoms with van der Waals surface area (Å²) in [5.74, 6) is 0.826. The maximum Gasteiger partial charge on any atom is 0.125 e. The first-order chi connectivity index (χ1) is 8.58. The molecule has 18 heavy (non-hydrogen) atoms. The molecule has 3 nitrogen and oxygen atoms in total. The molecule has 0 saturated heterocycles. The van der Waals surface area contributed by atoms with Gasteiger partial charge in [0.15, 0.2) is 0 Å². The van der Waals surface area contributed by atoms with Crippen molar-refractivity contribution in [2.45, 2.75) is 32.7 Å². The van der Waals surface area contributed by atoms with Crippen LogP contribution in [0.2, 0.25) is 0 Å². The van der Waals surface area contributed by atoms with Crippen LogP contribution in [-0.2, 0) is 12.0 Å². The summed E-state index contributed by atoms with van der Waals surface area (Å²) in [4.78, 5) is 9.90. The van der Waals surface area contributed by atoms with Crippen molar-refractivity contribution in [3.8, 4) is 0 Å². The minimum Gasteiger partial charge on any atom is -0.310 e. The summed E-state index contributed by atoms with van der Waals surface area (Å²) < 4.78 is 0. The Morgan fingerprint density at radius 3 is 2.83 bits per heavy atom. The third-order valence-corrected chi connectivity index (χ3v) is 4.13. The molecule has 2 rings (SSSR count). The van der Waals surface area contributed by atoms with Gasteiger partial charge in [0.05, 0.1) is 5.69 Å². The van der Waals surface area contributed by atoms with Gasteiger partial charge in [-0.1, -0.05) is 19.9 Å². The van der Waals surface area contributed by atoms with Crippen molar-refractivity contribution in [3.63, 3.8) is 0 Å². The molecule has 0 aliphatic heterocycles. The Morgan fingerprint density at radius 1 is 1.33 bits per heavy atom. The van der Waals surface area contributed by atoms with Crippen LogP contribution < -0.4 is 5.32 Å². The van der Waals surface area contributed by atoms with E-state index in [9.17, 15) is 0 Å². The van der Waals surface area contributed by atoms with E-state index in [1.165, 1.54) is 4.88 Å². The molecule has 2 aromatic rings. The number of rotatable bonds is 5. The van der Waals surface area contributed by atoms with E-state index >= 15 is 0 Å². The van der Waals surface area contributed by atoms with Crippen LogP contribution in [0.4, 0.5) is 0 Å². The largest absolute Gasteiger partial charge is 0.310 e. The highest BCUT2D eigenvalue weighted by molar-refractivity contribution is 7.10. The number of hydrogen-bond donors (Lipinski definition) is 1. The third kappa shape index (κ3) is 3.37. The second-order valence-electron chi connectivity index (χ2n) is 5.06. The van der Waals surface area contributed by atoms with E-state index in [2.05, 4.69) is 46.6 Å². The molecule has 0 atom stereocenters. The number of nitrogens with zero attached hydrogens (tertiary/aromatic N) is 2. The lowest BCUT2D eigenvalue weighted by Gasteiger charge is -2.23. The Hall–Kier alpha value is -1.26. The molecule has 0 spiro atoms. The van der Waals surface area contributed by atoms with Gasteiger partial charge in [0, 0.05) is 29.6 Å². The van der Waals surface area contributed by atoms with Gasteiger partial charge in [-0.25, -0.2) is 9.97 Å². The van der Waals surface area contributed by atoms with E-state index in [1.807, 2.05) is 30.5 Å². The molecule has 0 aliphatic rings. The molecule has 0 bridgehead atoms. The van der Waals surface area contributed by atoms with Gasteiger partial charge in [-0.05, 0) is 24.4 Å². The van der Waals surface area contributed by atoms with Gasteiger partial charge < -0.3 is 5.32 Å². The first-order valence-corrected chi connectivity index (χ1v) is 6.99. The fourth-order valence-corrected chi connectivity index (χ4v) is 2.71. The topological polar surface area (TPSA) is 37.8 Å². The van der Waals surface area contributed by atoms with Crippen LogP contribution in [0.15, 0.2) is 29.8 Å². The lowest BCUT2D eigenvalue weighted by molar-refractivity contribution is 0.474. The van der Waals surface area contributed by atoms with Crippen molar-refractivity contribution < 1.29 is 0 Å². The van der Waals surface area contributed by atoms with E-state index in [4.69, 9.17) is 0 Å². The van der Waals surface area contributed by atoms with Crippen LogP contribution in [-0.4, -0.2) is 16.5 Å². The Balaban J connectivity index is 1.89. The molecule has 0 aromatic carbocycles. The van der Waals surface area contributed by atoms with Gasteiger partial charge in [-0.2, -0.15) is 0 Å². The maximum atomic E-state index is 4.38. The molecule has 0 saturated carbocycles. The molecule has 0 unspecified atom stereocenters. The maximum absolute atomic E-state index is 4.38. The van der Waals surface area contributed by atoms with Gasteiger partial charge in [0.25, 0.3) is 0 Å². The van der Waals surface area contributed by atoms with Crippen molar-refractivity contribution >= 4 is 11.3 Å². The highest BCUT2D eigenvalue weighted by Crippen LogP contribution is 2.26. The number of thiophene rings is 1. The second-order valence-corrected chi connectivity index (χ2v) is 6.01. The summed E-state index contributed by atoms with van der Waals surface area (Å²) in [7, 11) is 0. The lowest BCUT2D eigenvalue weighted by atomic mass is 9.91. The van der Waals surface area contributed by atoms with Gasteiger partial charge in [0.1, 0.15) is 5.82 Å². The molecule has 2 aromatic heterocycles. The Morgan fingerprint density at radius 2 is 2.17 bits per heavy atom. The third-order valence-electron chi connectivity index (χ3n) is 2.89. The minimum atomic E-state index is 0.163. The smallest absolute Gasteiger partial charge is 0.125 e. The van der Waals surface area contributed by atoms with Crippen molar-refractivity contribution in [2.75, 3.05) is 6.54 Å². The summed E-state index contributed by atoms with van der Waals surface area (Å²) in [6.07, 6.45) is 1.81. The van der Waals surface area contributed by atoms with Crippen LogP contribution in [0.1, 0.15) is 30.2 Å². The first-order valence-electron chi connectivity index (χ1n) is 6.11. The summed E-state index contributed by atoms with van der Waals surface area (Å²) >= 11 is 1.81. The molecular formula is C14H19N3S. The lowest BCUT2D eigenvalue weighted by Crippen LogP contribution is -2.32. The highest BCUT2D eigenvalue weighted by atomic mass is 32.1. The zero-order valence-electron chi connectivity index (χ0n) is 11.1. The van der Waals surface area contributed by atoms with Crippen molar-refractivity contribution in [1.82, 2.24) is 15.3 Å². The Labute approximate surface area is 112 Å². The quantitative estimate of drug-likeness (QED) is 0.899. The summed E-state index contributed by atoms with van der Waals surface area (Å²) in [6, 6.07) is 6.26. The van der Waals surface area contributed by atoms with Crippen molar-refractivity contribution in [3.05, 3.63) is 46.2 Å². The van der Waals surface area contributed by atoms with Crippen LogP contribution >= 0.6 is 11.3 Å². The molecule has 1 N–H and O–H groups in total. The molecule has 2 heterocycles. The number of hydrogen-bond acceptors (Lipinski definition) is 4. The molecule has 96 valence electrons. The predicted molar refractivity (Wildman–Crippen MR) is 75.8 cm³/mol. The normalized spacial score (nSPS) is 11.7. The van der Waals surface area contributed by atoms with Crippen LogP contribution in [0.3, 0.4) is 0 Å². The van der Waals surface area contributed by atoms with Gasteiger partial charge in [-0.3, -0.25) is 0 Å². The van der Waals surface area contributed by atoms with E-state index in [0.717, 1.165) is 24.6 Å². The summed E-state index contributed by atoms with van der Waals surface area (Å²) in [5, 5.41) is 5.60. The zero-order chi connectivity index (χ0) is 13.0. The fraction of sp³-hybridized carbons (Fsp3) is 0.429. The van der Waals surface area contributed by atoms with Gasteiger partial charge >= 0.3 is 0 Å². The molecule has 0 fully saturated rings. The van der Waals surface area contributed by atoms with Crippen LogP contribution in [0.25, 0.3) is 0 Å². The van der Waals surface area contributed by atoms with Gasteiger partial charge in [-0.15, -0.1) is 11.3 Å². The monoisotopic (exact) mass is 261 g/mol. The fourth-order valence-electron chi connectivity index (χ4n) is 1.86. The van der Waals surface area contributed by atoms with E-state index < -0.39 is 0 Å². The summed E-state index contributed by atoms with van der Waals surface area (Å²) in [5.41, 5.74) is 1.21. The van der Waals surface area contributed by atoms with Crippen molar-refractivity contribution in [1.29, 1.82) is 0 Å². The highest BCUT2D eigenvalue weighted by Gasteiger charge is 2.20. The second kappa shape index (κ2) is 5.59. The number of aryl methyl sites for hydroxylation is 1.